The van der Waals surface area contributed by atoms with Crippen LogP contribution < -0.4 is 15.5 Å². The average molecular weight is 421 g/mol. The van der Waals surface area contributed by atoms with Crippen LogP contribution in [0.3, 0.4) is 0 Å². The number of aryl methyl sites for hydroxylation is 1. The van der Waals surface area contributed by atoms with Crippen molar-refractivity contribution in [3.8, 4) is 0 Å². The van der Waals surface area contributed by atoms with Gasteiger partial charge in [-0.2, -0.15) is 0 Å². The Bertz CT molecular complexity index is 1070. The third kappa shape index (κ3) is 4.46. The normalized spacial score (nSPS) is 15.9. The highest BCUT2D eigenvalue weighted by molar-refractivity contribution is 8.00. The first-order valence-corrected chi connectivity index (χ1v) is 10.5. The van der Waals surface area contributed by atoms with E-state index in [2.05, 4.69) is 10.6 Å². The smallest absolute Gasteiger partial charge is 0.308 e. The molecule has 30 heavy (non-hydrogen) atoms. The third-order valence-electron chi connectivity index (χ3n) is 4.70. The van der Waals surface area contributed by atoms with Crippen molar-refractivity contribution in [3.63, 3.8) is 0 Å². The minimum atomic E-state index is -0.339. The number of carbonyl (C=O) groups is 2. The van der Waals surface area contributed by atoms with Crippen LogP contribution in [0.4, 0.5) is 26.2 Å². The zero-order valence-corrected chi connectivity index (χ0v) is 17.1. The van der Waals surface area contributed by atoms with Crippen molar-refractivity contribution in [1.82, 2.24) is 0 Å². The third-order valence-corrected chi connectivity index (χ3v) is 5.91. The highest BCUT2D eigenvalue weighted by Gasteiger charge is 2.34. The number of rotatable bonds is 4. The molecule has 7 heteroatoms. The van der Waals surface area contributed by atoms with E-state index in [4.69, 9.17) is 0 Å². The minimum Gasteiger partial charge on any atom is -0.308 e. The van der Waals surface area contributed by atoms with Crippen LogP contribution in [-0.2, 0) is 4.79 Å². The first-order chi connectivity index (χ1) is 14.5. The Morgan fingerprint density at radius 3 is 2.40 bits per heavy atom. The highest BCUT2D eigenvalue weighted by Crippen LogP contribution is 2.41. The molecule has 152 valence electrons. The first kappa shape index (κ1) is 20.0. The van der Waals surface area contributed by atoms with Crippen LogP contribution in [0.25, 0.3) is 0 Å². The fourth-order valence-electron chi connectivity index (χ4n) is 3.30. The van der Waals surface area contributed by atoms with Gasteiger partial charge in [0.15, 0.2) is 0 Å². The van der Waals surface area contributed by atoms with E-state index in [9.17, 15) is 14.0 Å². The molecule has 0 aliphatic carbocycles. The van der Waals surface area contributed by atoms with Gasteiger partial charge in [0.2, 0.25) is 5.91 Å². The number of nitrogens with one attached hydrogen (secondary N) is 2. The van der Waals surface area contributed by atoms with Crippen molar-refractivity contribution in [2.45, 2.75) is 12.3 Å². The lowest BCUT2D eigenvalue weighted by Gasteiger charge is -2.24. The maximum atomic E-state index is 13.2. The second-order valence-corrected chi connectivity index (χ2v) is 8.04. The summed E-state index contributed by atoms with van der Waals surface area (Å²) in [7, 11) is 0. The Kier molecular flexibility index (Phi) is 5.72. The van der Waals surface area contributed by atoms with Crippen LogP contribution in [0.1, 0.15) is 16.5 Å². The summed E-state index contributed by atoms with van der Waals surface area (Å²) < 4.78 is 13.2. The van der Waals surface area contributed by atoms with Gasteiger partial charge in [0, 0.05) is 17.1 Å². The fraction of sp³-hybridized carbons (Fsp3) is 0.130. The standard InChI is InChI=1S/C23H20FN3O2S/c1-15-3-2-4-19(13-15)26-23(29)25-18-9-5-16(6-10-18)22-27(21(28)14-30-22)20-11-7-17(24)8-12-20/h2-13,22H,14H2,1H3,(H2,25,26,29)/t22-/m1/s1. The van der Waals surface area contributed by atoms with E-state index in [0.717, 1.165) is 16.8 Å². The number of anilines is 3. The molecule has 3 aromatic rings. The molecule has 1 heterocycles. The first-order valence-electron chi connectivity index (χ1n) is 9.43. The van der Waals surface area contributed by atoms with E-state index in [-0.39, 0.29) is 23.1 Å². The summed E-state index contributed by atoms with van der Waals surface area (Å²) in [5, 5.41) is 5.41. The topological polar surface area (TPSA) is 61.4 Å². The number of halogens is 1. The molecule has 0 radical (unpaired) electrons. The Morgan fingerprint density at radius 1 is 1.00 bits per heavy atom. The molecule has 1 aliphatic rings. The number of urea groups is 1. The van der Waals surface area contributed by atoms with Crippen LogP contribution in [-0.4, -0.2) is 17.7 Å². The molecule has 0 aromatic heterocycles. The minimum absolute atomic E-state index is 0.0173. The number of carbonyl (C=O) groups excluding carboxylic acids is 2. The highest BCUT2D eigenvalue weighted by atomic mass is 32.2. The predicted molar refractivity (Wildman–Crippen MR) is 119 cm³/mol. The Hall–Kier alpha value is -3.32. The summed E-state index contributed by atoms with van der Waals surface area (Å²) in [5.41, 5.74) is 4.02. The lowest BCUT2D eigenvalue weighted by Crippen LogP contribution is -2.27. The second-order valence-electron chi connectivity index (χ2n) is 6.97. The van der Waals surface area contributed by atoms with E-state index < -0.39 is 0 Å². The van der Waals surface area contributed by atoms with Crippen LogP contribution in [0.5, 0.6) is 0 Å². The van der Waals surface area contributed by atoms with E-state index in [0.29, 0.717) is 17.1 Å². The number of amides is 3. The lowest BCUT2D eigenvalue weighted by atomic mass is 10.1. The van der Waals surface area contributed by atoms with Gasteiger partial charge in [0.25, 0.3) is 0 Å². The molecule has 1 saturated heterocycles. The summed E-state index contributed by atoms with van der Waals surface area (Å²) in [6.45, 7) is 1.96. The monoisotopic (exact) mass is 421 g/mol. The molecule has 1 atom stereocenters. The van der Waals surface area contributed by atoms with Gasteiger partial charge in [-0.15, -0.1) is 11.8 Å². The summed E-state index contributed by atoms with van der Waals surface area (Å²) in [5.74, 6) is 0.00585. The number of nitrogens with zero attached hydrogens (tertiary/aromatic N) is 1. The Morgan fingerprint density at radius 2 is 1.70 bits per heavy atom. The number of thioether (sulfide) groups is 1. The molecule has 0 bridgehead atoms. The van der Waals surface area contributed by atoms with Gasteiger partial charge in [-0.3, -0.25) is 9.69 Å². The molecule has 5 nitrogen and oxygen atoms in total. The summed E-state index contributed by atoms with van der Waals surface area (Å²) in [6, 6.07) is 20.5. The zero-order chi connectivity index (χ0) is 21.1. The van der Waals surface area contributed by atoms with Gasteiger partial charge in [-0.25, -0.2) is 9.18 Å². The van der Waals surface area contributed by atoms with E-state index in [1.165, 1.54) is 23.9 Å². The van der Waals surface area contributed by atoms with Gasteiger partial charge in [-0.1, -0.05) is 24.3 Å². The molecule has 1 fully saturated rings. The van der Waals surface area contributed by atoms with Crippen LogP contribution in [0.15, 0.2) is 72.8 Å². The van der Waals surface area contributed by atoms with Crippen LogP contribution in [0.2, 0.25) is 0 Å². The van der Waals surface area contributed by atoms with E-state index in [1.807, 2.05) is 43.3 Å². The molecule has 0 saturated carbocycles. The second kappa shape index (κ2) is 8.59. The number of hydrogen-bond donors (Lipinski definition) is 2. The summed E-state index contributed by atoms with van der Waals surface area (Å²) in [4.78, 5) is 26.3. The maximum absolute atomic E-state index is 13.2. The molecular formula is C23H20FN3O2S. The predicted octanol–water partition coefficient (Wildman–Crippen LogP) is 5.56. The quantitative estimate of drug-likeness (QED) is 0.580. The van der Waals surface area contributed by atoms with Crippen molar-refractivity contribution < 1.29 is 14.0 Å². The van der Waals surface area contributed by atoms with Crippen molar-refractivity contribution in [2.24, 2.45) is 0 Å². The lowest BCUT2D eigenvalue weighted by molar-refractivity contribution is -0.115. The van der Waals surface area contributed by atoms with Gasteiger partial charge >= 0.3 is 6.03 Å². The molecule has 4 rings (SSSR count). The van der Waals surface area contributed by atoms with Crippen LogP contribution >= 0.6 is 11.8 Å². The molecular weight excluding hydrogens is 401 g/mol. The van der Waals surface area contributed by atoms with E-state index in [1.54, 1.807) is 29.2 Å². The number of hydrogen-bond acceptors (Lipinski definition) is 3. The van der Waals surface area contributed by atoms with Crippen molar-refractivity contribution in [2.75, 3.05) is 21.3 Å². The Labute approximate surface area is 178 Å². The largest absolute Gasteiger partial charge is 0.323 e. The maximum Gasteiger partial charge on any atom is 0.323 e. The van der Waals surface area contributed by atoms with Gasteiger partial charge in [-0.05, 0) is 66.6 Å². The summed E-state index contributed by atoms with van der Waals surface area (Å²) >= 11 is 1.52. The average Bonchev–Trinajstić information content (AvgIpc) is 3.10. The zero-order valence-electron chi connectivity index (χ0n) is 16.3. The van der Waals surface area contributed by atoms with Crippen LogP contribution in [0, 0.1) is 12.7 Å². The van der Waals surface area contributed by atoms with E-state index >= 15 is 0 Å². The number of benzene rings is 3. The van der Waals surface area contributed by atoms with Gasteiger partial charge in [0.1, 0.15) is 11.2 Å². The molecule has 3 aromatic carbocycles. The molecule has 0 unspecified atom stereocenters. The molecule has 0 spiro atoms. The molecule has 3 amide bonds. The SMILES string of the molecule is Cc1cccc(NC(=O)Nc2ccc([C@H]3SCC(=O)N3c3ccc(F)cc3)cc2)c1. The van der Waals surface area contributed by atoms with Crippen molar-refractivity contribution in [3.05, 3.63) is 89.7 Å². The van der Waals surface area contributed by atoms with Crippen molar-refractivity contribution in [1.29, 1.82) is 0 Å². The Balaban J connectivity index is 1.45. The molecule has 2 N–H and O–H groups in total. The van der Waals surface area contributed by atoms with Gasteiger partial charge in [0.05, 0.1) is 5.75 Å². The van der Waals surface area contributed by atoms with Crippen molar-refractivity contribution >= 4 is 40.8 Å². The summed E-state index contributed by atoms with van der Waals surface area (Å²) in [6.07, 6.45) is 0. The fourth-order valence-corrected chi connectivity index (χ4v) is 4.48. The molecule has 1 aliphatic heterocycles. The van der Waals surface area contributed by atoms with Gasteiger partial charge < -0.3 is 10.6 Å².